The number of hydrogen-bond donors (Lipinski definition) is 1. The third-order valence-electron chi connectivity index (χ3n) is 1.17. The van der Waals surface area contributed by atoms with Gasteiger partial charge in [-0.15, -0.1) is 30.3 Å². The molecule has 0 unspecified atom stereocenters. The molecule has 62 valence electrons. The molecule has 1 aromatic rings. The molecule has 1 aromatic heterocycles. The normalized spacial score (nSPS) is 11.8. The zero-order valence-electron chi connectivity index (χ0n) is 5.79. The number of halogens is 2. The Morgan fingerprint density at radius 1 is 1.73 bits per heavy atom. The molecule has 0 radical (unpaired) electrons. The molecule has 0 fully saturated rings. The maximum absolute atomic E-state index is 5.68. The first kappa shape index (κ1) is 11.2. The highest BCUT2D eigenvalue weighted by molar-refractivity contribution is 9.10. The maximum atomic E-state index is 5.68. The van der Waals surface area contributed by atoms with Gasteiger partial charge in [-0.2, -0.15) is 0 Å². The maximum Gasteiger partial charge on any atom is 0.0573 e. The lowest BCUT2D eigenvalue weighted by molar-refractivity contribution is 0.939. The van der Waals surface area contributed by atoms with E-state index in [-0.39, 0.29) is 18.4 Å². The second-order valence-corrected chi connectivity index (χ2v) is 3.79. The van der Waals surface area contributed by atoms with Gasteiger partial charge in [-0.05, 0) is 22.0 Å². The highest BCUT2D eigenvalue weighted by Gasteiger charge is 2.02. The van der Waals surface area contributed by atoms with E-state index in [9.17, 15) is 0 Å². The summed E-state index contributed by atoms with van der Waals surface area (Å²) in [7, 11) is 0. The Morgan fingerprint density at radius 2 is 2.36 bits per heavy atom. The fraction of sp³-hybridized carbons (Fsp3) is 0.143. The van der Waals surface area contributed by atoms with E-state index in [4.69, 9.17) is 5.73 Å². The molecule has 0 aromatic carbocycles. The van der Waals surface area contributed by atoms with Gasteiger partial charge in [-0.3, -0.25) is 0 Å². The highest BCUT2D eigenvalue weighted by atomic mass is 79.9. The average Bonchev–Trinajstić information content (AvgIpc) is 2.34. The van der Waals surface area contributed by atoms with Crippen LogP contribution in [0.1, 0.15) is 10.9 Å². The molecule has 0 aliphatic carbocycles. The second kappa shape index (κ2) is 4.93. The Bertz CT molecular complexity index is 236. The SMILES string of the molecule is C=C[C@@H](N)c1cc(Br)cs1.Cl. The van der Waals surface area contributed by atoms with Gasteiger partial charge in [0.2, 0.25) is 0 Å². The second-order valence-electron chi connectivity index (χ2n) is 1.93. The van der Waals surface area contributed by atoms with Crippen molar-refractivity contribution in [2.75, 3.05) is 0 Å². The van der Waals surface area contributed by atoms with Gasteiger partial charge in [0.05, 0.1) is 6.04 Å². The summed E-state index contributed by atoms with van der Waals surface area (Å²) < 4.78 is 1.09. The predicted octanol–water partition coefficient (Wildman–Crippen LogP) is 3.12. The number of thiophene rings is 1. The summed E-state index contributed by atoms with van der Waals surface area (Å²) in [5, 5.41) is 2.01. The molecular weight excluding hydrogens is 246 g/mol. The van der Waals surface area contributed by atoms with Crippen LogP contribution in [0.5, 0.6) is 0 Å². The predicted molar refractivity (Wildman–Crippen MR) is 56.4 cm³/mol. The van der Waals surface area contributed by atoms with Gasteiger partial charge in [0, 0.05) is 14.7 Å². The van der Waals surface area contributed by atoms with Crippen molar-refractivity contribution in [3.05, 3.63) is 33.5 Å². The first-order valence-electron chi connectivity index (χ1n) is 2.86. The Kier molecular flexibility index (Phi) is 5.01. The van der Waals surface area contributed by atoms with Crippen LogP contribution in [0.2, 0.25) is 0 Å². The van der Waals surface area contributed by atoms with E-state index >= 15 is 0 Å². The Hall–Kier alpha value is 0.170. The van der Waals surface area contributed by atoms with E-state index in [2.05, 4.69) is 22.5 Å². The third-order valence-corrected chi connectivity index (χ3v) is 2.97. The van der Waals surface area contributed by atoms with Crippen LogP contribution in [0.3, 0.4) is 0 Å². The minimum absolute atomic E-state index is 0. The lowest BCUT2D eigenvalue weighted by Crippen LogP contribution is -2.03. The van der Waals surface area contributed by atoms with Crippen LogP contribution in [0.15, 0.2) is 28.6 Å². The molecule has 0 bridgehead atoms. The molecule has 11 heavy (non-hydrogen) atoms. The van der Waals surface area contributed by atoms with Gasteiger partial charge in [-0.1, -0.05) is 6.08 Å². The Labute approximate surface area is 84.8 Å². The summed E-state index contributed by atoms with van der Waals surface area (Å²) in [5.74, 6) is 0. The summed E-state index contributed by atoms with van der Waals surface area (Å²) in [4.78, 5) is 1.14. The molecule has 4 heteroatoms. The largest absolute Gasteiger partial charge is 0.320 e. The summed E-state index contributed by atoms with van der Waals surface area (Å²) in [6.45, 7) is 3.61. The van der Waals surface area contributed by atoms with E-state index in [0.29, 0.717) is 0 Å². The number of nitrogens with two attached hydrogens (primary N) is 1. The Morgan fingerprint density at radius 3 is 2.73 bits per heavy atom. The van der Waals surface area contributed by atoms with Crippen LogP contribution >= 0.6 is 39.7 Å². The summed E-state index contributed by atoms with van der Waals surface area (Å²) >= 11 is 4.99. The first-order valence-corrected chi connectivity index (χ1v) is 4.53. The molecule has 1 rings (SSSR count). The van der Waals surface area contributed by atoms with Gasteiger partial charge < -0.3 is 5.73 Å². The third kappa shape index (κ3) is 2.95. The molecule has 0 aliphatic rings. The van der Waals surface area contributed by atoms with Crippen LogP contribution < -0.4 is 5.73 Å². The molecule has 1 heterocycles. The zero-order valence-corrected chi connectivity index (χ0v) is 9.01. The fourth-order valence-corrected chi connectivity index (χ4v) is 2.06. The highest BCUT2D eigenvalue weighted by Crippen LogP contribution is 2.24. The topological polar surface area (TPSA) is 26.0 Å². The summed E-state index contributed by atoms with van der Waals surface area (Å²) in [6, 6.07) is 1.99. The summed E-state index contributed by atoms with van der Waals surface area (Å²) in [5.41, 5.74) is 5.68. The molecule has 0 saturated heterocycles. The minimum Gasteiger partial charge on any atom is -0.320 e. The van der Waals surface area contributed by atoms with E-state index in [1.807, 2.05) is 11.4 Å². The van der Waals surface area contributed by atoms with Crippen molar-refractivity contribution in [3.8, 4) is 0 Å². The lowest BCUT2D eigenvalue weighted by atomic mass is 10.2. The van der Waals surface area contributed by atoms with Crippen LogP contribution in [0.4, 0.5) is 0 Å². The van der Waals surface area contributed by atoms with Gasteiger partial charge in [0.1, 0.15) is 0 Å². The molecule has 0 spiro atoms. The van der Waals surface area contributed by atoms with Crippen molar-refractivity contribution in [2.45, 2.75) is 6.04 Å². The van der Waals surface area contributed by atoms with Crippen LogP contribution in [0.25, 0.3) is 0 Å². The monoisotopic (exact) mass is 253 g/mol. The van der Waals surface area contributed by atoms with Gasteiger partial charge in [0.25, 0.3) is 0 Å². The van der Waals surface area contributed by atoms with Crippen LogP contribution in [-0.4, -0.2) is 0 Å². The quantitative estimate of drug-likeness (QED) is 0.807. The number of hydrogen-bond acceptors (Lipinski definition) is 2. The molecule has 0 aliphatic heterocycles. The summed E-state index contributed by atoms with van der Waals surface area (Å²) in [6.07, 6.45) is 1.73. The van der Waals surface area contributed by atoms with Crippen molar-refractivity contribution in [1.29, 1.82) is 0 Å². The van der Waals surface area contributed by atoms with E-state index in [1.54, 1.807) is 17.4 Å². The van der Waals surface area contributed by atoms with Crippen molar-refractivity contribution in [3.63, 3.8) is 0 Å². The minimum atomic E-state index is -0.0173. The average molecular weight is 255 g/mol. The molecular formula is C7H9BrClNS. The van der Waals surface area contributed by atoms with Gasteiger partial charge in [-0.25, -0.2) is 0 Å². The fourth-order valence-electron chi connectivity index (χ4n) is 0.619. The Balaban J connectivity index is 0.000001000. The van der Waals surface area contributed by atoms with Crippen molar-refractivity contribution in [2.24, 2.45) is 5.73 Å². The van der Waals surface area contributed by atoms with Crippen LogP contribution in [-0.2, 0) is 0 Å². The van der Waals surface area contributed by atoms with Crippen molar-refractivity contribution >= 4 is 39.7 Å². The smallest absolute Gasteiger partial charge is 0.0573 e. The van der Waals surface area contributed by atoms with E-state index < -0.39 is 0 Å². The zero-order chi connectivity index (χ0) is 7.56. The van der Waals surface area contributed by atoms with Crippen LogP contribution in [0, 0.1) is 0 Å². The number of rotatable bonds is 2. The van der Waals surface area contributed by atoms with Crippen molar-refractivity contribution < 1.29 is 0 Å². The van der Waals surface area contributed by atoms with Crippen molar-refractivity contribution in [1.82, 2.24) is 0 Å². The van der Waals surface area contributed by atoms with Gasteiger partial charge in [0.15, 0.2) is 0 Å². The first-order chi connectivity index (χ1) is 4.74. The molecule has 1 atom stereocenters. The molecule has 2 N–H and O–H groups in total. The molecule has 0 saturated carbocycles. The van der Waals surface area contributed by atoms with E-state index in [0.717, 1.165) is 9.35 Å². The van der Waals surface area contributed by atoms with E-state index in [1.165, 1.54) is 0 Å². The lowest BCUT2D eigenvalue weighted by Gasteiger charge is -1.98. The van der Waals surface area contributed by atoms with Gasteiger partial charge >= 0.3 is 0 Å². The standard InChI is InChI=1S/C7H8BrNS.ClH/c1-2-6(9)7-3-5(8)4-10-7;/h2-4,6H,1,9H2;1H/t6-;/m1./s1. The molecule has 0 amide bonds. The molecule has 1 nitrogen and oxygen atoms in total.